The summed E-state index contributed by atoms with van der Waals surface area (Å²) in [5.74, 6) is -0.699. The van der Waals surface area contributed by atoms with E-state index in [1.807, 2.05) is 48.0 Å². The van der Waals surface area contributed by atoms with E-state index in [9.17, 15) is 24.0 Å². The number of H-pyrrole nitrogens is 1. The summed E-state index contributed by atoms with van der Waals surface area (Å²) in [6.45, 7) is 8.47. The molecule has 0 bridgehead atoms. The van der Waals surface area contributed by atoms with Crippen molar-refractivity contribution in [3.05, 3.63) is 106 Å². The predicted octanol–water partition coefficient (Wildman–Crippen LogP) is 7.04. The van der Waals surface area contributed by atoms with E-state index in [0.717, 1.165) is 65.8 Å². The second-order valence-corrected chi connectivity index (χ2v) is 17.9. The fourth-order valence-corrected chi connectivity index (χ4v) is 9.39. The van der Waals surface area contributed by atoms with E-state index in [2.05, 4.69) is 50.6 Å². The van der Waals surface area contributed by atoms with E-state index in [4.69, 9.17) is 11.6 Å². The van der Waals surface area contributed by atoms with Crippen LogP contribution in [0.25, 0.3) is 27.6 Å². The van der Waals surface area contributed by atoms with Crippen LogP contribution in [-0.2, 0) is 20.9 Å². The minimum absolute atomic E-state index is 0.0273. The van der Waals surface area contributed by atoms with Crippen LogP contribution in [0.4, 0.5) is 20.6 Å². The number of aromatic nitrogens is 3. The molecule has 1 spiro atoms. The Labute approximate surface area is 376 Å². The van der Waals surface area contributed by atoms with Crippen LogP contribution < -0.4 is 15.1 Å². The number of fused-ring (bicyclic) bond motifs is 1. The SMILES string of the molecule is CN(C)C=O.Cc1cc2c(-c3ccc(N4CCC5(CC4)CN(C(=O)c4cc(C)c(Cl)c(N6CCC(=O)NC6=O)c4)C5)cc3)cc(C3=CCCN(C(=O)CCn4cccn4)C3)c(F)c2[nH]1. The van der Waals surface area contributed by atoms with Gasteiger partial charge in [-0.25, -0.2) is 9.18 Å². The number of nitrogens with one attached hydrogen (secondary N) is 2. The van der Waals surface area contributed by atoms with E-state index in [1.165, 1.54) is 9.80 Å². The number of halogens is 2. The molecule has 64 heavy (non-hydrogen) atoms. The largest absolute Gasteiger partial charge is 0.371 e. The van der Waals surface area contributed by atoms with Crippen LogP contribution in [0.15, 0.2) is 73.1 Å². The molecule has 0 saturated carbocycles. The van der Waals surface area contributed by atoms with Crippen molar-refractivity contribution < 1.29 is 28.4 Å². The number of aromatic amines is 1. The van der Waals surface area contributed by atoms with Crippen LogP contribution in [0.1, 0.15) is 59.3 Å². The summed E-state index contributed by atoms with van der Waals surface area (Å²) in [4.78, 5) is 72.8. The van der Waals surface area contributed by atoms with Crippen molar-refractivity contribution in [2.45, 2.75) is 52.5 Å². The lowest BCUT2D eigenvalue weighted by molar-refractivity contribution is -0.131. The lowest BCUT2D eigenvalue weighted by Gasteiger charge is -2.54. The molecule has 4 aliphatic heterocycles. The third-order valence-electron chi connectivity index (χ3n) is 12.7. The lowest BCUT2D eigenvalue weighted by atomic mass is 9.71. The quantitative estimate of drug-likeness (QED) is 0.151. The minimum atomic E-state index is -0.540. The Morgan fingerprint density at radius 2 is 1.70 bits per heavy atom. The summed E-state index contributed by atoms with van der Waals surface area (Å²) < 4.78 is 18.0. The maximum atomic E-state index is 16.3. The van der Waals surface area contributed by atoms with Gasteiger partial charge in [0.2, 0.25) is 18.2 Å². The number of aryl methyl sites for hydroxylation is 3. The molecule has 0 aliphatic carbocycles. The molecule has 0 atom stereocenters. The molecule has 5 aromatic rings. The Morgan fingerprint density at radius 1 is 0.969 bits per heavy atom. The molecular formula is C48H53ClFN9O5. The van der Waals surface area contributed by atoms with Crippen LogP contribution in [-0.4, -0.2) is 120 Å². The normalized spacial score (nSPS) is 17.1. The van der Waals surface area contributed by atoms with E-state index < -0.39 is 6.03 Å². The van der Waals surface area contributed by atoms with E-state index >= 15 is 4.39 Å². The molecule has 14 nitrogen and oxygen atoms in total. The predicted molar refractivity (Wildman–Crippen MR) is 246 cm³/mol. The highest BCUT2D eigenvalue weighted by Crippen LogP contribution is 2.43. The number of hydrogen-bond acceptors (Lipinski definition) is 7. The van der Waals surface area contributed by atoms with Gasteiger partial charge in [0.25, 0.3) is 5.91 Å². The van der Waals surface area contributed by atoms with Gasteiger partial charge in [0.15, 0.2) is 5.82 Å². The summed E-state index contributed by atoms with van der Waals surface area (Å²) >= 11 is 6.59. The van der Waals surface area contributed by atoms with Crippen LogP contribution in [0.2, 0.25) is 5.02 Å². The van der Waals surface area contributed by atoms with Crippen molar-refractivity contribution in [1.82, 2.24) is 34.8 Å². The Balaban J connectivity index is 0.00000106. The fraction of sp³-hybridized carbons (Fsp3) is 0.375. The summed E-state index contributed by atoms with van der Waals surface area (Å²) in [7, 11) is 3.38. The molecule has 6 heterocycles. The zero-order valence-electron chi connectivity index (χ0n) is 36.6. The minimum Gasteiger partial charge on any atom is -0.371 e. The summed E-state index contributed by atoms with van der Waals surface area (Å²) in [6.07, 6.45) is 9.41. The van der Waals surface area contributed by atoms with E-state index in [0.29, 0.717) is 78.5 Å². The number of rotatable bonds is 9. The summed E-state index contributed by atoms with van der Waals surface area (Å²) in [5.41, 5.74) is 7.36. The highest BCUT2D eigenvalue weighted by molar-refractivity contribution is 6.35. The Hall–Kier alpha value is -6.48. The average molecular weight is 890 g/mol. The van der Waals surface area contributed by atoms with Crippen molar-refractivity contribution in [1.29, 1.82) is 0 Å². The number of hydrogen-bond donors (Lipinski definition) is 2. The van der Waals surface area contributed by atoms with Gasteiger partial charge in [0.05, 0.1) is 16.2 Å². The number of likely N-dealkylation sites (tertiary alicyclic amines) is 1. The molecule has 3 saturated heterocycles. The first-order valence-corrected chi connectivity index (χ1v) is 22.0. The molecule has 9 rings (SSSR count). The third-order valence-corrected chi connectivity index (χ3v) is 13.2. The fourth-order valence-electron chi connectivity index (χ4n) is 9.18. The number of imide groups is 1. The van der Waals surface area contributed by atoms with Gasteiger partial charge in [-0.1, -0.05) is 29.8 Å². The second kappa shape index (κ2) is 18.3. The van der Waals surface area contributed by atoms with Crippen LogP contribution in [0.5, 0.6) is 0 Å². The van der Waals surface area contributed by atoms with Crippen molar-refractivity contribution in [3.63, 3.8) is 0 Å². The molecule has 4 aliphatic rings. The zero-order chi connectivity index (χ0) is 45.3. The van der Waals surface area contributed by atoms with Gasteiger partial charge in [-0.05, 0) is 97.8 Å². The van der Waals surface area contributed by atoms with Crippen LogP contribution in [0.3, 0.4) is 0 Å². The van der Waals surface area contributed by atoms with Crippen molar-refractivity contribution in [2.24, 2.45) is 5.41 Å². The highest BCUT2D eigenvalue weighted by Gasteiger charge is 2.47. The van der Waals surface area contributed by atoms with Crippen molar-refractivity contribution in [2.75, 3.05) is 69.7 Å². The van der Waals surface area contributed by atoms with E-state index in [-0.39, 0.29) is 41.9 Å². The first kappa shape index (κ1) is 44.1. The Bertz CT molecular complexity index is 2630. The standard InChI is InChI=1S/C45H46ClFN8O4.C3H7NO/c1-28-21-32(23-37(40(28)46)55-18-10-38(56)50-44(55)59)43(58)53-26-45(27-53)12-19-51(20-13-45)33-8-6-30(7-9-33)34-24-35(41(47)42-36(34)22-29(2)49-42)31-5-3-15-52(25-31)39(57)11-17-54-16-4-14-48-54;1-4(2)3-5/h4-9,14,16,21-24,49H,3,10-13,15,17-20,25-27H2,1-2H3,(H,50,56,59);3H,1-2H3. The third kappa shape index (κ3) is 9.12. The smallest absolute Gasteiger partial charge is 0.328 e. The molecule has 16 heteroatoms. The molecule has 3 aromatic carbocycles. The Kier molecular flexibility index (Phi) is 12.6. The number of benzene rings is 3. The lowest BCUT2D eigenvalue weighted by Crippen LogP contribution is -2.62. The maximum Gasteiger partial charge on any atom is 0.328 e. The molecule has 6 amide bonds. The molecule has 2 N–H and O–H groups in total. The van der Waals surface area contributed by atoms with Crippen LogP contribution >= 0.6 is 11.6 Å². The van der Waals surface area contributed by atoms with Gasteiger partial charge in [0.1, 0.15) is 0 Å². The first-order chi connectivity index (χ1) is 30.7. The molecule has 3 fully saturated rings. The van der Waals surface area contributed by atoms with Gasteiger partial charge in [0, 0.05) is 125 Å². The topological polar surface area (TPSA) is 147 Å². The maximum absolute atomic E-state index is 16.3. The number of carbonyl (C=O) groups excluding carboxylic acids is 5. The Morgan fingerprint density at radius 3 is 2.38 bits per heavy atom. The van der Waals surface area contributed by atoms with Crippen LogP contribution in [0, 0.1) is 25.1 Å². The monoisotopic (exact) mass is 889 g/mol. The van der Waals surface area contributed by atoms with Crippen molar-refractivity contribution in [3.8, 4) is 11.1 Å². The van der Waals surface area contributed by atoms with Crippen molar-refractivity contribution >= 4 is 69.6 Å². The summed E-state index contributed by atoms with van der Waals surface area (Å²) in [5, 5.41) is 7.74. The van der Waals surface area contributed by atoms with Gasteiger partial charge < -0.3 is 24.6 Å². The average Bonchev–Trinajstić information content (AvgIpc) is 3.96. The molecule has 0 unspecified atom stereocenters. The number of urea groups is 1. The van der Waals surface area contributed by atoms with Gasteiger partial charge in [-0.3, -0.25) is 34.1 Å². The number of nitrogens with zero attached hydrogens (tertiary/aromatic N) is 7. The molecule has 334 valence electrons. The highest BCUT2D eigenvalue weighted by atomic mass is 35.5. The van der Waals surface area contributed by atoms with Gasteiger partial charge in [-0.2, -0.15) is 5.10 Å². The second-order valence-electron chi connectivity index (χ2n) is 17.5. The van der Waals surface area contributed by atoms with Gasteiger partial charge >= 0.3 is 6.03 Å². The zero-order valence-corrected chi connectivity index (χ0v) is 37.4. The summed E-state index contributed by atoms with van der Waals surface area (Å²) in [6, 6.07) is 17.1. The molecule has 2 aromatic heterocycles. The molecule has 0 radical (unpaired) electrons. The number of amides is 6. The van der Waals surface area contributed by atoms with E-state index in [1.54, 1.807) is 37.1 Å². The molecular weight excluding hydrogens is 837 g/mol. The number of piperidine rings is 1. The number of anilines is 2. The first-order valence-electron chi connectivity index (χ1n) is 21.7. The van der Waals surface area contributed by atoms with Gasteiger partial charge in [-0.15, -0.1) is 0 Å². The number of carbonyl (C=O) groups is 5.